The molecule has 2 aromatic carbocycles. The van der Waals surface area contributed by atoms with Crippen molar-refractivity contribution in [1.29, 1.82) is 0 Å². The Kier molecular flexibility index (Phi) is 4.73. The second kappa shape index (κ2) is 6.31. The fourth-order valence-corrected chi connectivity index (χ4v) is 2.43. The van der Waals surface area contributed by atoms with E-state index >= 15 is 0 Å². The molecular weight excluding hydrogens is 277 g/mol. The number of hydrogen-bond donors (Lipinski definition) is 1. The van der Waals surface area contributed by atoms with Crippen LogP contribution in [0.4, 0.5) is 5.69 Å². The summed E-state index contributed by atoms with van der Waals surface area (Å²) < 4.78 is 0. The molecule has 0 amide bonds. The first-order valence-electron chi connectivity index (χ1n) is 6.40. The monoisotopic (exact) mass is 293 g/mol. The lowest BCUT2D eigenvalue weighted by Crippen LogP contribution is -2.07. The van der Waals surface area contributed by atoms with Gasteiger partial charge in [0.25, 0.3) is 0 Å². The van der Waals surface area contributed by atoms with E-state index in [2.05, 4.69) is 43.4 Å². The van der Waals surface area contributed by atoms with E-state index in [0.717, 1.165) is 12.1 Å². The fraction of sp³-hybridized carbons (Fsp3) is 0.250. The molecule has 0 radical (unpaired) electrons. The molecule has 0 aliphatic heterocycles. The molecule has 0 aliphatic carbocycles. The average molecular weight is 294 g/mol. The van der Waals surface area contributed by atoms with E-state index in [-0.39, 0.29) is 6.04 Å². The SMILES string of the molecule is CCc1ccc(C(C)Nc2ccc(Cl)cc2Cl)cc1. The minimum atomic E-state index is 0.199. The summed E-state index contributed by atoms with van der Waals surface area (Å²) in [5.41, 5.74) is 3.49. The van der Waals surface area contributed by atoms with Gasteiger partial charge in [-0.3, -0.25) is 0 Å². The Morgan fingerprint density at radius 3 is 2.32 bits per heavy atom. The zero-order valence-electron chi connectivity index (χ0n) is 11.1. The van der Waals surface area contributed by atoms with E-state index < -0.39 is 0 Å². The number of rotatable bonds is 4. The smallest absolute Gasteiger partial charge is 0.0652 e. The summed E-state index contributed by atoms with van der Waals surface area (Å²) in [5, 5.41) is 4.69. The van der Waals surface area contributed by atoms with Crippen LogP contribution in [0.2, 0.25) is 10.0 Å². The predicted octanol–water partition coefficient (Wildman–Crippen LogP) is 5.73. The van der Waals surface area contributed by atoms with E-state index in [1.807, 2.05) is 12.1 Å². The van der Waals surface area contributed by atoms with Gasteiger partial charge in [-0.25, -0.2) is 0 Å². The van der Waals surface area contributed by atoms with Crippen molar-refractivity contribution in [3.63, 3.8) is 0 Å². The molecule has 0 saturated carbocycles. The number of hydrogen-bond acceptors (Lipinski definition) is 1. The first-order chi connectivity index (χ1) is 9.10. The summed E-state index contributed by atoms with van der Waals surface area (Å²) in [5.74, 6) is 0. The average Bonchev–Trinajstić information content (AvgIpc) is 2.42. The molecule has 1 atom stereocenters. The summed E-state index contributed by atoms with van der Waals surface area (Å²) in [7, 11) is 0. The number of benzene rings is 2. The third kappa shape index (κ3) is 3.65. The molecule has 0 aliphatic rings. The molecule has 0 spiro atoms. The van der Waals surface area contributed by atoms with E-state index in [1.165, 1.54) is 11.1 Å². The quantitative estimate of drug-likeness (QED) is 0.759. The van der Waals surface area contributed by atoms with Crippen LogP contribution in [-0.2, 0) is 6.42 Å². The van der Waals surface area contributed by atoms with E-state index in [4.69, 9.17) is 23.2 Å². The van der Waals surface area contributed by atoms with Crippen molar-refractivity contribution in [2.24, 2.45) is 0 Å². The van der Waals surface area contributed by atoms with Crippen LogP contribution >= 0.6 is 23.2 Å². The maximum Gasteiger partial charge on any atom is 0.0652 e. The Morgan fingerprint density at radius 1 is 1.05 bits per heavy atom. The Bertz CT molecular complexity index is 549. The highest BCUT2D eigenvalue weighted by atomic mass is 35.5. The van der Waals surface area contributed by atoms with Crippen molar-refractivity contribution < 1.29 is 0 Å². The highest BCUT2D eigenvalue weighted by Gasteiger charge is 2.08. The number of aryl methyl sites for hydroxylation is 1. The van der Waals surface area contributed by atoms with Gasteiger partial charge in [0.2, 0.25) is 0 Å². The summed E-state index contributed by atoms with van der Waals surface area (Å²) in [4.78, 5) is 0. The van der Waals surface area contributed by atoms with Gasteiger partial charge in [-0.15, -0.1) is 0 Å². The Morgan fingerprint density at radius 2 is 1.74 bits per heavy atom. The van der Waals surface area contributed by atoms with Gasteiger partial charge in [0, 0.05) is 11.1 Å². The van der Waals surface area contributed by atoms with Crippen molar-refractivity contribution in [2.45, 2.75) is 26.3 Å². The predicted molar refractivity (Wildman–Crippen MR) is 84.3 cm³/mol. The van der Waals surface area contributed by atoms with Crippen LogP contribution in [0.3, 0.4) is 0 Å². The molecule has 100 valence electrons. The zero-order valence-corrected chi connectivity index (χ0v) is 12.6. The number of nitrogens with one attached hydrogen (secondary N) is 1. The van der Waals surface area contributed by atoms with Crippen LogP contribution in [0.25, 0.3) is 0 Å². The van der Waals surface area contributed by atoms with Crippen LogP contribution in [0.15, 0.2) is 42.5 Å². The fourth-order valence-electron chi connectivity index (χ4n) is 1.97. The molecule has 0 bridgehead atoms. The van der Waals surface area contributed by atoms with Gasteiger partial charge in [0.05, 0.1) is 10.7 Å². The largest absolute Gasteiger partial charge is 0.377 e. The Labute approximate surface area is 124 Å². The molecule has 0 fully saturated rings. The van der Waals surface area contributed by atoms with Gasteiger partial charge < -0.3 is 5.32 Å². The molecule has 3 heteroatoms. The molecular formula is C16H17Cl2N. The highest BCUT2D eigenvalue weighted by molar-refractivity contribution is 6.36. The number of halogens is 2. The Hall–Kier alpha value is -1.18. The van der Waals surface area contributed by atoms with Crippen LogP contribution in [-0.4, -0.2) is 0 Å². The lowest BCUT2D eigenvalue weighted by atomic mass is 10.0. The minimum absolute atomic E-state index is 0.199. The highest BCUT2D eigenvalue weighted by Crippen LogP contribution is 2.28. The summed E-state index contributed by atoms with van der Waals surface area (Å²) in [6, 6.07) is 14.3. The van der Waals surface area contributed by atoms with Gasteiger partial charge in [-0.05, 0) is 42.7 Å². The van der Waals surface area contributed by atoms with E-state index in [1.54, 1.807) is 6.07 Å². The maximum absolute atomic E-state index is 6.16. The van der Waals surface area contributed by atoms with E-state index in [9.17, 15) is 0 Å². The third-order valence-electron chi connectivity index (χ3n) is 3.19. The van der Waals surface area contributed by atoms with Crippen molar-refractivity contribution >= 4 is 28.9 Å². The molecule has 0 saturated heterocycles. The van der Waals surface area contributed by atoms with Crippen LogP contribution in [0, 0.1) is 0 Å². The second-order valence-corrected chi connectivity index (χ2v) is 5.43. The minimum Gasteiger partial charge on any atom is -0.377 e. The van der Waals surface area contributed by atoms with Crippen molar-refractivity contribution in [3.8, 4) is 0 Å². The van der Waals surface area contributed by atoms with Crippen molar-refractivity contribution in [3.05, 3.63) is 63.6 Å². The van der Waals surface area contributed by atoms with Crippen LogP contribution in [0.5, 0.6) is 0 Å². The number of anilines is 1. The maximum atomic E-state index is 6.16. The molecule has 19 heavy (non-hydrogen) atoms. The summed E-state index contributed by atoms with van der Waals surface area (Å²) in [6.45, 7) is 4.27. The first-order valence-corrected chi connectivity index (χ1v) is 7.16. The Balaban J connectivity index is 2.13. The van der Waals surface area contributed by atoms with Gasteiger partial charge >= 0.3 is 0 Å². The van der Waals surface area contributed by atoms with Crippen molar-refractivity contribution in [1.82, 2.24) is 0 Å². The van der Waals surface area contributed by atoms with E-state index in [0.29, 0.717) is 10.0 Å². The first kappa shape index (κ1) is 14.2. The molecule has 1 N–H and O–H groups in total. The topological polar surface area (TPSA) is 12.0 Å². The zero-order chi connectivity index (χ0) is 13.8. The molecule has 0 aromatic heterocycles. The second-order valence-electron chi connectivity index (χ2n) is 4.59. The molecule has 0 heterocycles. The lowest BCUT2D eigenvalue weighted by Gasteiger charge is -2.17. The van der Waals surface area contributed by atoms with Gasteiger partial charge in [0.1, 0.15) is 0 Å². The molecule has 2 aromatic rings. The van der Waals surface area contributed by atoms with Gasteiger partial charge in [0.15, 0.2) is 0 Å². The molecule has 2 rings (SSSR count). The summed E-state index contributed by atoms with van der Waals surface area (Å²) in [6.07, 6.45) is 1.06. The summed E-state index contributed by atoms with van der Waals surface area (Å²) >= 11 is 12.1. The van der Waals surface area contributed by atoms with Gasteiger partial charge in [-0.1, -0.05) is 54.4 Å². The van der Waals surface area contributed by atoms with Crippen LogP contribution < -0.4 is 5.32 Å². The van der Waals surface area contributed by atoms with Crippen LogP contribution in [0.1, 0.15) is 31.0 Å². The molecule has 1 nitrogen and oxygen atoms in total. The van der Waals surface area contributed by atoms with Crippen molar-refractivity contribution in [2.75, 3.05) is 5.32 Å². The third-order valence-corrected chi connectivity index (χ3v) is 3.74. The molecule has 1 unspecified atom stereocenters. The van der Waals surface area contributed by atoms with Gasteiger partial charge in [-0.2, -0.15) is 0 Å². The normalized spacial score (nSPS) is 12.2. The standard InChI is InChI=1S/C16H17Cl2N/c1-3-12-4-6-13(7-5-12)11(2)19-16-9-8-14(17)10-15(16)18/h4-11,19H,3H2,1-2H3. The lowest BCUT2D eigenvalue weighted by molar-refractivity contribution is 0.883.